The Hall–Kier alpha value is -2.31. The molecule has 0 amide bonds. The van der Waals surface area contributed by atoms with Gasteiger partial charge in [0, 0.05) is 32.4 Å². The molecule has 1 fully saturated rings. The molecule has 0 saturated carbocycles. The first-order valence-corrected chi connectivity index (χ1v) is 9.13. The third kappa shape index (κ3) is 5.61. The van der Waals surface area contributed by atoms with E-state index in [-0.39, 0.29) is 5.82 Å². The fraction of sp³-hybridized carbons (Fsp3) is 0.400. The van der Waals surface area contributed by atoms with Crippen LogP contribution in [0.25, 0.3) is 6.08 Å². The number of rotatable bonds is 7. The molecule has 0 aliphatic carbocycles. The molecular formula is C20H26FN5. The van der Waals surface area contributed by atoms with Gasteiger partial charge in [-0.05, 0) is 43.0 Å². The SMILES string of the molecule is NCc1cn(C[C@@H]2CCCN(C/C=C/C=C/c3ccc(F)cc3)C2)nn1. The molecule has 2 heterocycles. The minimum atomic E-state index is -0.206. The third-order valence-corrected chi connectivity index (χ3v) is 4.61. The maximum absolute atomic E-state index is 12.9. The molecule has 3 rings (SSSR count). The Balaban J connectivity index is 1.43. The summed E-state index contributed by atoms with van der Waals surface area (Å²) in [4.78, 5) is 2.47. The van der Waals surface area contributed by atoms with E-state index in [2.05, 4.69) is 27.4 Å². The van der Waals surface area contributed by atoms with Crippen LogP contribution < -0.4 is 5.73 Å². The Labute approximate surface area is 154 Å². The van der Waals surface area contributed by atoms with Crippen molar-refractivity contribution in [2.75, 3.05) is 19.6 Å². The summed E-state index contributed by atoms with van der Waals surface area (Å²) in [5.41, 5.74) is 7.43. The molecule has 6 heteroatoms. The normalized spacial score (nSPS) is 18.9. The van der Waals surface area contributed by atoms with E-state index in [1.165, 1.54) is 25.0 Å². The fourth-order valence-corrected chi connectivity index (χ4v) is 3.28. The summed E-state index contributed by atoms with van der Waals surface area (Å²) in [5, 5.41) is 8.20. The van der Waals surface area contributed by atoms with Gasteiger partial charge in [-0.15, -0.1) is 5.10 Å². The number of hydrogen-bond donors (Lipinski definition) is 1. The first kappa shape index (κ1) is 18.5. The van der Waals surface area contributed by atoms with Crippen LogP contribution in [-0.4, -0.2) is 39.5 Å². The second-order valence-electron chi connectivity index (χ2n) is 6.74. The molecule has 1 aromatic carbocycles. The second-order valence-corrected chi connectivity index (χ2v) is 6.74. The minimum Gasteiger partial charge on any atom is -0.325 e. The highest BCUT2D eigenvalue weighted by Gasteiger charge is 2.19. The summed E-state index contributed by atoms with van der Waals surface area (Å²) in [6.07, 6.45) is 12.6. The molecule has 2 N–H and O–H groups in total. The quantitative estimate of drug-likeness (QED) is 0.776. The van der Waals surface area contributed by atoms with E-state index in [1.807, 2.05) is 23.0 Å². The van der Waals surface area contributed by atoms with Gasteiger partial charge in [0.1, 0.15) is 5.82 Å². The Morgan fingerprint density at radius 1 is 1.23 bits per heavy atom. The van der Waals surface area contributed by atoms with Gasteiger partial charge in [0.15, 0.2) is 0 Å². The average molecular weight is 355 g/mol. The van der Waals surface area contributed by atoms with Crippen LogP contribution in [0.5, 0.6) is 0 Å². The number of nitrogens with two attached hydrogens (primary N) is 1. The van der Waals surface area contributed by atoms with Crippen molar-refractivity contribution in [1.82, 2.24) is 19.9 Å². The summed E-state index contributed by atoms with van der Waals surface area (Å²) in [5.74, 6) is 0.390. The fourth-order valence-electron chi connectivity index (χ4n) is 3.28. The van der Waals surface area contributed by atoms with Crippen molar-refractivity contribution in [3.05, 3.63) is 65.8 Å². The minimum absolute atomic E-state index is 0.206. The highest BCUT2D eigenvalue weighted by Crippen LogP contribution is 2.18. The molecule has 1 aliphatic rings. The molecule has 1 aromatic heterocycles. The molecule has 0 bridgehead atoms. The van der Waals surface area contributed by atoms with Crippen LogP contribution in [0.3, 0.4) is 0 Å². The standard InChI is InChI=1S/C20H26FN5/c21-19-9-7-17(8-10-19)5-2-1-3-11-25-12-4-6-18(14-25)15-26-16-20(13-22)23-24-26/h1-3,5,7-10,16,18H,4,6,11-15,22H2/b3-1+,5-2+/t18-/m1/s1. The Bertz CT molecular complexity index is 735. The molecular weight excluding hydrogens is 329 g/mol. The predicted molar refractivity (Wildman–Crippen MR) is 102 cm³/mol. The summed E-state index contributed by atoms with van der Waals surface area (Å²) in [6.45, 7) is 4.48. The molecule has 2 aromatic rings. The second kappa shape index (κ2) is 9.40. The lowest BCUT2D eigenvalue weighted by molar-refractivity contribution is 0.173. The smallest absolute Gasteiger partial charge is 0.123 e. The first-order chi connectivity index (χ1) is 12.7. The van der Waals surface area contributed by atoms with Gasteiger partial charge in [0.25, 0.3) is 0 Å². The van der Waals surface area contributed by atoms with Crippen LogP contribution in [0.15, 0.2) is 48.7 Å². The molecule has 1 saturated heterocycles. The zero-order valence-corrected chi connectivity index (χ0v) is 15.0. The van der Waals surface area contributed by atoms with Gasteiger partial charge in [0.2, 0.25) is 0 Å². The van der Waals surface area contributed by atoms with Crippen LogP contribution >= 0.6 is 0 Å². The lowest BCUT2D eigenvalue weighted by Gasteiger charge is -2.31. The number of piperidine rings is 1. The maximum Gasteiger partial charge on any atom is 0.123 e. The van der Waals surface area contributed by atoms with E-state index >= 15 is 0 Å². The van der Waals surface area contributed by atoms with Gasteiger partial charge >= 0.3 is 0 Å². The number of halogens is 1. The van der Waals surface area contributed by atoms with E-state index in [0.29, 0.717) is 12.5 Å². The number of hydrogen-bond acceptors (Lipinski definition) is 4. The molecule has 5 nitrogen and oxygen atoms in total. The molecule has 0 spiro atoms. The van der Waals surface area contributed by atoms with Gasteiger partial charge in [-0.3, -0.25) is 9.58 Å². The molecule has 1 atom stereocenters. The van der Waals surface area contributed by atoms with Crippen molar-refractivity contribution < 1.29 is 4.39 Å². The summed E-state index contributed by atoms with van der Waals surface area (Å²) in [7, 11) is 0. The maximum atomic E-state index is 12.9. The molecule has 26 heavy (non-hydrogen) atoms. The Morgan fingerprint density at radius 3 is 2.85 bits per heavy atom. The van der Waals surface area contributed by atoms with Gasteiger partial charge in [-0.2, -0.15) is 0 Å². The zero-order chi connectivity index (χ0) is 18.2. The molecule has 138 valence electrons. The van der Waals surface area contributed by atoms with Crippen molar-refractivity contribution >= 4 is 6.08 Å². The number of likely N-dealkylation sites (tertiary alicyclic amines) is 1. The van der Waals surface area contributed by atoms with E-state index in [0.717, 1.165) is 37.4 Å². The number of allylic oxidation sites excluding steroid dienone is 2. The van der Waals surface area contributed by atoms with Gasteiger partial charge in [-0.25, -0.2) is 4.39 Å². The van der Waals surface area contributed by atoms with Crippen LogP contribution in [0.1, 0.15) is 24.1 Å². The largest absolute Gasteiger partial charge is 0.325 e. The van der Waals surface area contributed by atoms with Gasteiger partial charge < -0.3 is 5.73 Å². The lowest BCUT2D eigenvalue weighted by atomic mass is 9.98. The van der Waals surface area contributed by atoms with Crippen molar-refractivity contribution in [3.63, 3.8) is 0 Å². The molecule has 0 radical (unpaired) electrons. The van der Waals surface area contributed by atoms with Crippen molar-refractivity contribution in [2.45, 2.75) is 25.9 Å². The number of nitrogens with zero attached hydrogens (tertiary/aromatic N) is 4. The summed E-state index contributed by atoms with van der Waals surface area (Å²) >= 11 is 0. The molecule has 1 aliphatic heterocycles. The van der Waals surface area contributed by atoms with E-state index in [4.69, 9.17) is 5.73 Å². The van der Waals surface area contributed by atoms with Crippen LogP contribution in [0.2, 0.25) is 0 Å². The number of benzene rings is 1. The van der Waals surface area contributed by atoms with E-state index < -0.39 is 0 Å². The summed E-state index contributed by atoms with van der Waals surface area (Å²) < 4.78 is 14.8. The van der Waals surface area contributed by atoms with Crippen LogP contribution in [-0.2, 0) is 13.1 Å². The first-order valence-electron chi connectivity index (χ1n) is 9.13. The van der Waals surface area contributed by atoms with E-state index in [9.17, 15) is 4.39 Å². The average Bonchev–Trinajstić information content (AvgIpc) is 3.11. The Kier molecular flexibility index (Phi) is 6.68. The topological polar surface area (TPSA) is 60.0 Å². The monoisotopic (exact) mass is 355 g/mol. The van der Waals surface area contributed by atoms with Crippen molar-refractivity contribution in [2.24, 2.45) is 11.7 Å². The zero-order valence-electron chi connectivity index (χ0n) is 15.0. The van der Waals surface area contributed by atoms with Crippen molar-refractivity contribution in [1.29, 1.82) is 0 Å². The summed E-state index contributed by atoms with van der Waals surface area (Å²) in [6, 6.07) is 6.50. The van der Waals surface area contributed by atoms with Crippen LogP contribution in [0.4, 0.5) is 4.39 Å². The van der Waals surface area contributed by atoms with Gasteiger partial charge in [-0.1, -0.05) is 41.7 Å². The Morgan fingerprint density at radius 2 is 2.08 bits per heavy atom. The predicted octanol–water partition coefficient (Wildman–Crippen LogP) is 2.86. The highest BCUT2D eigenvalue weighted by molar-refractivity contribution is 5.50. The highest BCUT2D eigenvalue weighted by atomic mass is 19.1. The van der Waals surface area contributed by atoms with Crippen LogP contribution in [0, 0.1) is 11.7 Å². The third-order valence-electron chi connectivity index (χ3n) is 4.61. The van der Waals surface area contributed by atoms with E-state index in [1.54, 1.807) is 12.1 Å². The lowest BCUT2D eigenvalue weighted by Crippen LogP contribution is -2.37. The van der Waals surface area contributed by atoms with Crippen molar-refractivity contribution in [3.8, 4) is 0 Å². The van der Waals surface area contributed by atoms with Gasteiger partial charge in [0.05, 0.1) is 5.69 Å². The molecule has 0 unspecified atom stereocenters. The number of aromatic nitrogens is 3.